The van der Waals surface area contributed by atoms with Gasteiger partial charge in [-0.25, -0.2) is 0 Å². The molecule has 3 aromatic rings. The first-order valence-corrected chi connectivity index (χ1v) is 19.6. The Kier molecular flexibility index (Phi) is 15.7. The smallest absolute Gasteiger partial charge is 0.303 e. The van der Waals surface area contributed by atoms with Crippen LogP contribution in [-0.2, 0) is 76.1 Å². The van der Waals surface area contributed by atoms with Crippen molar-refractivity contribution in [2.75, 3.05) is 6.61 Å². The molecule has 2 aliphatic rings. The molecule has 0 saturated carbocycles. The van der Waals surface area contributed by atoms with E-state index >= 15 is 0 Å². The highest BCUT2D eigenvalue weighted by molar-refractivity contribution is 7.80. The number of rotatable bonds is 14. The number of hydrogen-bond acceptors (Lipinski definition) is 13. The zero-order valence-corrected chi connectivity index (χ0v) is 34.6. The van der Waals surface area contributed by atoms with Crippen LogP contribution in [0, 0.1) is 0 Å². The Balaban J connectivity index is 1.70. The second-order valence-corrected chi connectivity index (χ2v) is 16.2. The molecule has 57 heavy (non-hydrogen) atoms. The number of carbonyl (C=O) groups is 4. The van der Waals surface area contributed by atoms with E-state index in [1.54, 1.807) is 30.3 Å². The van der Waals surface area contributed by atoms with Crippen LogP contribution in [0.2, 0.25) is 0 Å². The standard InChI is InChI=1S/C40H44Cl3NO12S/c1-23-31(50-20-27-14-8-5-9-15-27)33(51-21-28-16-10-6-11-17-28)35(37(57)52-23)56-39(29-18-12-7-13-19-29)36(44-38(48)40(41,42)43)34(54-26(4)47)32(53-25(3)46)30(55-39)22-49-24(2)45/h5-19,23,30-37,57H,20-22H2,1-4H3,(H,44,48)/t23-,30+,31-,32+,33+,34-,35+,36+,37-,39-/m0/s1. The summed E-state index contributed by atoms with van der Waals surface area (Å²) < 4.78 is 47.9. The Morgan fingerprint density at radius 1 is 0.719 bits per heavy atom. The van der Waals surface area contributed by atoms with Crippen LogP contribution >= 0.6 is 47.4 Å². The molecular weight excluding hydrogens is 825 g/mol. The second kappa shape index (κ2) is 20.0. The fourth-order valence-electron chi connectivity index (χ4n) is 6.73. The summed E-state index contributed by atoms with van der Waals surface area (Å²) in [5.74, 6) is -5.77. The van der Waals surface area contributed by atoms with E-state index < -0.39 is 94.2 Å². The van der Waals surface area contributed by atoms with E-state index in [0.717, 1.165) is 25.0 Å². The maximum absolute atomic E-state index is 13.7. The predicted molar refractivity (Wildman–Crippen MR) is 211 cm³/mol. The van der Waals surface area contributed by atoms with Gasteiger partial charge in [-0.2, -0.15) is 0 Å². The molecule has 13 nitrogen and oxygen atoms in total. The first-order chi connectivity index (χ1) is 27.1. The van der Waals surface area contributed by atoms with E-state index in [-0.39, 0.29) is 18.8 Å². The monoisotopic (exact) mass is 867 g/mol. The molecule has 0 aliphatic carbocycles. The molecule has 2 aliphatic heterocycles. The lowest BCUT2D eigenvalue weighted by molar-refractivity contribution is -0.380. The SMILES string of the molecule is CC(=O)OC[C@H]1O[C@](O[C@@H]2[C@H](OCc3ccccc3)[C@@H](OCc3ccccc3)[C@H](C)O[C@H]2S)(c2ccccc2)[C@H](NC(=O)C(Cl)(Cl)Cl)[C@@H](OC(C)=O)[C@@H]1OC(C)=O. The second-order valence-electron chi connectivity index (χ2n) is 13.4. The molecule has 1 N–H and O–H groups in total. The number of amides is 1. The summed E-state index contributed by atoms with van der Waals surface area (Å²) in [6.07, 6.45) is -8.06. The van der Waals surface area contributed by atoms with E-state index in [9.17, 15) is 19.2 Å². The Labute approximate surface area is 351 Å². The van der Waals surface area contributed by atoms with Crippen molar-refractivity contribution in [2.24, 2.45) is 0 Å². The van der Waals surface area contributed by atoms with Crippen molar-refractivity contribution >= 4 is 71.2 Å². The van der Waals surface area contributed by atoms with Crippen LogP contribution in [0.3, 0.4) is 0 Å². The molecule has 0 aromatic heterocycles. The molecule has 5 rings (SSSR count). The summed E-state index contributed by atoms with van der Waals surface area (Å²) in [4.78, 5) is 51.4. The van der Waals surface area contributed by atoms with Gasteiger partial charge in [0.25, 0.3) is 9.70 Å². The topological polar surface area (TPSA) is 154 Å². The van der Waals surface area contributed by atoms with Crippen LogP contribution in [0.15, 0.2) is 91.0 Å². The van der Waals surface area contributed by atoms with Crippen molar-refractivity contribution in [3.8, 4) is 0 Å². The Hall–Kier alpha value is -3.44. The summed E-state index contributed by atoms with van der Waals surface area (Å²) in [6, 6.07) is 25.6. The van der Waals surface area contributed by atoms with Crippen LogP contribution in [-0.4, -0.2) is 88.4 Å². The molecule has 2 heterocycles. The molecule has 17 heteroatoms. The molecule has 2 fully saturated rings. The average molecular weight is 869 g/mol. The van der Waals surface area contributed by atoms with Crippen LogP contribution < -0.4 is 5.32 Å². The maximum Gasteiger partial charge on any atom is 0.303 e. The first kappa shape index (κ1) is 44.7. The summed E-state index contributed by atoms with van der Waals surface area (Å²) >= 11 is 23.2. The lowest BCUT2D eigenvalue weighted by Gasteiger charge is -2.54. The van der Waals surface area contributed by atoms with E-state index in [0.29, 0.717) is 0 Å². The molecule has 0 spiro atoms. The number of esters is 3. The number of nitrogens with one attached hydrogen (secondary N) is 1. The van der Waals surface area contributed by atoms with E-state index in [1.165, 1.54) is 6.92 Å². The number of benzene rings is 3. The molecular formula is C40H44Cl3NO12S. The minimum Gasteiger partial charge on any atom is -0.463 e. The van der Waals surface area contributed by atoms with Crippen molar-refractivity contribution in [3.05, 3.63) is 108 Å². The highest BCUT2D eigenvalue weighted by atomic mass is 35.6. The van der Waals surface area contributed by atoms with Crippen molar-refractivity contribution in [2.45, 2.75) is 105 Å². The van der Waals surface area contributed by atoms with Gasteiger partial charge in [-0.05, 0) is 18.1 Å². The van der Waals surface area contributed by atoms with Gasteiger partial charge in [0, 0.05) is 26.3 Å². The predicted octanol–water partition coefficient (Wildman–Crippen LogP) is 5.75. The third-order valence-corrected chi connectivity index (χ3v) is 10.1. The van der Waals surface area contributed by atoms with Gasteiger partial charge in [-0.3, -0.25) is 19.2 Å². The zero-order valence-electron chi connectivity index (χ0n) is 31.5. The van der Waals surface area contributed by atoms with Crippen molar-refractivity contribution in [1.29, 1.82) is 0 Å². The Morgan fingerprint density at radius 3 is 1.74 bits per heavy atom. The van der Waals surface area contributed by atoms with Gasteiger partial charge in [0.1, 0.15) is 42.5 Å². The van der Waals surface area contributed by atoms with Gasteiger partial charge >= 0.3 is 17.9 Å². The van der Waals surface area contributed by atoms with E-state index in [4.69, 9.17) is 85.3 Å². The molecule has 0 unspecified atom stereocenters. The summed E-state index contributed by atoms with van der Waals surface area (Å²) in [6.45, 7) is 4.99. The van der Waals surface area contributed by atoms with Gasteiger partial charge in [-0.15, -0.1) is 12.6 Å². The molecule has 3 aromatic carbocycles. The fraction of sp³-hybridized carbons (Fsp3) is 0.450. The van der Waals surface area contributed by atoms with Gasteiger partial charge < -0.3 is 43.2 Å². The van der Waals surface area contributed by atoms with Gasteiger partial charge in [0.2, 0.25) is 5.79 Å². The minimum atomic E-state index is -2.55. The zero-order chi connectivity index (χ0) is 41.3. The molecule has 308 valence electrons. The van der Waals surface area contributed by atoms with Crippen molar-refractivity contribution in [1.82, 2.24) is 5.32 Å². The normalized spacial score (nSPS) is 28.8. The van der Waals surface area contributed by atoms with Crippen LogP contribution in [0.1, 0.15) is 44.4 Å². The van der Waals surface area contributed by atoms with Gasteiger partial charge in [-0.1, -0.05) is 126 Å². The van der Waals surface area contributed by atoms with E-state index in [1.807, 2.05) is 67.6 Å². The van der Waals surface area contributed by atoms with Gasteiger partial charge in [0.15, 0.2) is 12.2 Å². The maximum atomic E-state index is 13.7. The van der Waals surface area contributed by atoms with Crippen LogP contribution in [0.4, 0.5) is 0 Å². The summed E-state index contributed by atoms with van der Waals surface area (Å²) in [7, 11) is 0. The lowest BCUT2D eigenvalue weighted by Crippen LogP contribution is -2.73. The first-order valence-electron chi connectivity index (χ1n) is 18.0. The third-order valence-electron chi connectivity index (χ3n) is 9.16. The number of thiol groups is 1. The van der Waals surface area contributed by atoms with Crippen molar-refractivity contribution in [3.63, 3.8) is 0 Å². The number of alkyl halides is 3. The van der Waals surface area contributed by atoms with Crippen LogP contribution in [0.5, 0.6) is 0 Å². The summed E-state index contributed by atoms with van der Waals surface area (Å²) in [5.41, 5.74) is 0.926. The Bertz CT molecular complexity index is 1810. The Morgan fingerprint density at radius 2 is 1.23 bits per heavy atom. The molecule has 1 amide bonds. The highest BCUT2D eigenvalue weighted by Crippen LogP contribution is 2.46. The molecule has 2 saturated heterocycles. The minimum absolute atomic E-state index is 0.107. The molecule has 0 bridgehead atoms. The summed E-state index contributed by atoms with van der Waals surface area (Å²) in [5, 5.41) is 2.64. The van der Waals surface area contributed by atoms with Crippen LogP contribution in [0.25, 0.3) is 0 Å². The molecule has 0 radical (unpaired) electrons. The van der Waals surface area contributed by atoms with Gasteiger partial charge in [0.05, 0.1) is 19.3 Å². The van der Waals surface area contributed by atoms with E-state index in [2.05, 4.69) is 5.32 Å². The number of hydrogen-bond donors (Lipinski definition) is 2. The lowest BCUT2D eigenvalue weighted by atomic mass is 9.84. The highest BCUT2D eigenvalue weighted by Gasteiger charge is 2.63. The average Bonchev–Trinajstić information content (AvgIpc) is 3.16. The number of halogens is 3. The number of carbonyl (C=O) groups excluding carboxylic acids is 4. The third kappa shape index (κ3) is 11.6. The largest absolute Gasteiger partial charge is 0.463 e. The van der Waals surface area contributed by atoms with Crippen molar-refractivity contribution < 1.29 is 57.1 Å². The quantitative estimate of drug-likeness (QED) is 0.0878. The number of ether oxygens (including phenoxy) is 8. The fourth-order valence-corrected chi connectivity index (χ4v) is 7.32. The molecule has 10 atom stereocenters.